The van der Waals surface area contributed by atoms with E-state index in [2.05, 4.69) is 39.4 Å². The second-order valence-corrected chi connectivity index (χ2v) is 7.73. The fourth-order valence-electron chi connectivity index (χ4n) is 2.93. The monoisotopic (exact) mass is 515 g/mol. The molecule has 28 heavy (non-hydrogen) atoms. The Bertz CT molecular complexity index is 914. The average molecular weight is 515 g/mol. The molecule has 0 aliphatic heterocycles. The smallest absolute Gasteiger partial charge is 0.191 e. The highest BCUT2D eigenvalue weighted by Gasteiger charge is 2.06. The van der Waals surface area contributed by atoms with Crippen LogP contribution in [0.15, 0.2) is 29.4 Å². The summed E-state index contributed by atoms with van der Waals surface area (Å²) in [5.74, 6) is 0.592. The maximum absolute atomic E-state index is 13.3. The molecule has 0 radical (unpaired) electrons. The van der Waals surface area contributed by atoms with Crippen LogP contribution in [0.3, 0.4) is 0 Å². The van der Waals surface area contributed by atoms with Gasteiger partial charge in [-0.05, 0) is 51.0 Å². The molecule has 0 aliphatic carbocycles. The van der Waals surface area contributed by atoms with Crippen LogP contribution in [0.1, 0.15) is 28.1 Å². The van der Waals surface area contributed by atoms with Crippen molar-refractivity contribution in [1.82, 2.24) is 20.6 Å². The van der Waals surface area contributed by atoms with Crippen LogP contribution in [0.4, 0.5) is 4.39 Å². The molecule has 5 nitrogen and oxygen atoms in total. The van der Waals surface area contributed by atoms with Gasteiger partial charge < -0.3 is 15.6 Å². The Morgan fingerprint density at radius 3 is 2.79 bits per heavy atom. The number of nitrogens with zero attached hydrogens (tertiary/aromatic N) is 2. The van der Waals surface area contributed by atoms with Gasteiger partial charge in [0.15, 0.2) is 5.96 Å². The highest BCUT2D eigenvalue weighted by Crippen LogP contribution is 2.19. The van der Waals surface area contributed by atoms with Crippen LogP contribution < -0.4 is 10.6 Å². The van der Waals surface area contributed by atoms with Gasteiger partial charge in [0.05, 0.1) is 10.7 Å². The van der Waals surface area contributed by atoms with Crippen molar-refractivity contribution < 1.29 is 4.39 Å². The quantitative estimate of drug-likeness (QED) is 0.249. The number of aromatic nitrogens is 2. The Hall–Kier alpha value is -1.68. The first-order valence-corrected chi connectivity index (χ1v) is 10.1. The van der Waals surface area contributed by atoms with Crippen molar-refractivity contribution >= 4 is 52.2 Å². The van der Waals surface area contributed by atoms with Gasteiger partial charge in [0.25, 0.3) is 0 Å². The molecule has 3 rings (SSSR count). The van der Waals surface area contributed by atoms with E-state index in [-0.39, 0.29) is 29.8 Å². The first kappa shape index (κ1) is 22.6. The molecular weight excluding hydrogens is 488 g/mol. The van der Waals surface area contributed by atoms with Crippen molar-refractivity contribution in [3.8, 4) is 0 Å². The van der Waals surface area contributed by atoms with Crippen molar-refractivity contribution in [2.24, 2.45) is 4.99 Å². The van der Waals surface area contributed by atoms with E-state index in [1.165, 1.54) is 22.6 Å². The Morgan fingerprint density at radius 1 is 1.25 bits per heavy atom. The van der Waals surface area contributed by atoms with Gasteiger partial charge in [0, 0.05) is 48.0 Å². The molecule has 0 fully saturated rings. The summed E-state index contributed by atoms with van der Waals surface area (Å²) in [6.07, 6.45) is 3.63. The molecule has 0 saturated heterocycles. The number of rotatable bonds is 7. The third kappa shape index (κ3) is 5.91. The van der Waals surface area contributed by atoms with Crippen molar-refractivity contribution in [3.05, 3.63) is 51.4 Å². The number of hydrogen-bond acceptors (Lipinski definition) is 3. The molecule has 0 bridgehead atoms. The number of halogens is 2. The summed E-state index contributed by atoms with van der Waals surface area (Å²) < 4.78 is 13.3. The largest absolute Gasteiger partial charge is 0.361 e. The molecule has 0 unspecified atom stereocenters. The minimum absolute atomic E-state index is 0. The number of benzene rings is 1. The summed E-state index contributed by atoms with van der Waals surface area (Å²) in [4.78, 5) is 13.6. The fourth-order valence-corrected chi connectivity index (χ4v) is 3.85. The molecule has 8 heteroatoms. The molecule has 0 atom stereocenters. The van der Waals surface area contributed by atoms with Crippen LogP contribution in [0.5, 0.6) is 0 Å². The van der Waals surface area contributed by atoms with Crippen LogP contribution in [0, 0.1) is 19.7 Å². The highest BCUT2D eigenvalue weighted by molar-refractivity contribution is 14.0. The van der Waals surface area contributed by atoms with E-state index in [0.29, 0.717) is 6.54 Å². The number of hydrogen-bond donors (Lipinski definition) is 3. The van der Waals surface area contributed by atoms with Crippen LogP contribution in [-0.2, 0) is 12.8 Å². The molecule has 0 aliphatic rings. The predicted molar refractivity (Wildman–Crippen MR) is 127 cm³/mol. The number of aliphatic imine (C=N–C) groups is 1. The number of nitrogens with one attached hydrogen (secondary N) is 3. The van der Waals surface area contributed by atoms with E-state index in [4.69, 9.17) is 0 Å². The molecule has 1 aromatic carbocycles. The van der Waals surface area contributed by atoms with Crippen LogP contribution in [-0.4, -0.2) is 35.6 Å². The Kier molecular flexibility index (Phi) is 8.68. The lowest BCUT2D eigenvalue weighted by Crippen LogP contribution is -2.38. The number of aryl methyl sites for hydroxylation is 2. The molecule has 2 aromatic heterocycles. The average Bonchev–Trinajstić information content (AvgIpc) is 3.17. The molecular formula is C20H27FIN5S. The molecule has 2 heterocycles. The van der Waals surface area contributed by atoms with Gasteiger partial charge in [0.2, 0.25) is 0 Å². The van der Waals surface area contributed by atoms with E-state index in [0.717, 1.165) is 53.5 Å². The predicted octanol–water partition coefficient (Wildman–Crippen LogP) is 4.34. The van der Waals surface area contributed by atoms with Crippen molar-refractivity contribution in [2.45, 2.75) is 33.6 Å². The van der Waals surface area contributed by atoms with Gasteiger partial charge in [-0.25, -0.2) is 9.37 Å². The van der Waals surface area contributed by atoms with Gasteiger partial charge in [-0.15, -0.1) is 35.3 Å². The maximum atomic E-state index is 13.3. The summed E-state index contributed by atoms with van der Waals surface area (Å²) in [7, 11) is 0. The second-order valence-electron chi connectivity index (χ2n) is 6.44. The molecule has 0 spiro atoms. The minimum atomic E-state index is -0.221. The van der Waals surface area contributed by atoms with Crippen LogP contribution in [0.25, 0.3) is 10.9 Å². The van der Waals surface area contributed by atoms with E-state index in [1.54, 1.807) is 11.3 Å². The number of thiazole rings is 1. The first-order valence-electron chi connectivity index (χ1n) is 9.27. The number of fused-ring (bicyclic) bond motifs is 1. The lowest BCUT2D eigenvalue weighted by molar-refractivity contribution is 0.629. The Balaban J connectivity index is 0.00000280. The van der Waals surface area contributed by atoms with Gasteiger partial charge in [-0.1, -0.05) is 0 Å². The third-order valence-electron chi connectivity index (χ3n) is 4.43. The Labute approximate surface area is 186 Å². The van der Waals surface area contributed by atoms with Gasteiger partial charge in [-0.2, -0.15) is 0 Å². The number of H-pyrrole nitrogens is 1. The lowest BCUT2D eigenvalue weighted by Gasteiger charge is -2.11. The fraction of sp³-hybridized carbons (Fsp3) is 0.400. The summed E-state index contributed by atoms with van der Waals surface area (Å²) in [6.45, 7) is 8.47. The van der Waals surface area contributed by atoms with E-state index in [1.807, 2.05) is 19.2 Å². The standard InChI is InChI=1S/C20H26FN5S.HI/c1-4-22-20(24-10-8-19-26-13(2)14(3)27-19)23-9-7-15-12-25-18-11-16(21)5-6-17(15)18;/h5-6,11-12,25H,4,7-10H2,1-3H3,(H2,22,23,24);1H. The summed E-state index contributed by atoms with van der Waals surface area (Å²) in [6, 6.07) is 4.86. The third-order valence-corrected chi connectivity index (χ3v) is 5.56. The van der Waals surface area contributed by atoms with Crippen molar-refractivity contribution in [3.63, 3.8) is 0 Å². The van der Waals surface area contributed by atoms with E-state index < -0.39 is 0 Å². The topological polar surface area (TPSA) is 65.1 Å². The van der Waals surface area contributed by atoms with E-state index >= 15 is 0 Å². The molecule has 0 saturated carbocycles. The lowest BCUT2D eigenvalue weighted by atomic mass is 10.1. The van der Waals surface area contributed by atoms with Crippen LogP contribution in [0.2, 0.25) is 0 Å². The number of aromatic amines is 1. The molecule has 3 aromatic rings. The van der Waals surface area contributed by atoms with Crippen molar-refractivity contribution in [1.29, 1.82) is 0 Å². The molecule has 3 N–H and O–H groups in total. The minimum Gasteiger partial charge on any atom is -0.361 e. The zero-order valence-corrected chi connectivity index (χ0v) is 19.6. The SMILES string of the molecule is CCNC(=NCCc1nc(C)c(C)s1)NCCc1c[nH]c2cc(F)ccc12.I. The second kappa shape index (κ2) is 10.8. The van der Waals surface area contributed by atoms with Gasteiger partial charge >= 0.3 is 0 Å². The normalized spacial score (nSPS) is 11.5. The number of guanidine groups is 1. The Morgan fingerprint density at radius 2 is 2.07 bits per heavy atom. The maximum Gasteiger partial charge on any atom is 0.191 e. The molecule has 152 valence electrons. The van der Waals surface area contributed by atoms with E-state index in [9.17, 15) is 4.39 Å². The first-order chi connectivity index (χ1) is 13.1. The van der Waals surface area contributed by atoms with Gasteiger partial charge in [-0.3, -0.25) is 4.99 Å². The highest BCUT2D eigenvalue weighted by atomic mass is 127. The van der Waals surface area contributed by atoms with Crippen molar-refractivity contribution in [2.75, 3.05) is 19.6 Å². The summed E-state index contributed by atoms with van der Waals surface area (Å²) in [5, 5.41) is 8.85. The zero-order valence-electron chi connectivity index (χ0n) is 16.4. The molecule has 0 amide bonds. The zero-order chi connectivity index (χ0) is 19.2. The summed E-state index contributed by atoms with van der Waals surface area (Å²) >= 11 is 1.75. The van der Waals surface area contributed by atoms with Crippen LogP contribution >= 0.6 is 35.3 Å². The summed E-state index contributed by atoms with van der Waals surface area (Å²) in [5.41, 5.74) is 3.12. The van der Waals surface area contributed by atoms with Gasteiger partial charge in [0.1, 0.15) is 5.82 Å².